The molecule has 5 nitrogen and oxygen atoms in total. The molecule has 0 spiro atoms. The molecule has 2 radical (unpaired) electrons. The number of phenols is 4. The van der Waals surface area contributed by atoms with Crippen LogP contribution in [0.25, 0.3) is 60.5 Å². The molecule has 0 saturated heterocycles. The first-order valence-corrected chi connectivity index (χ1v) is 16.4. The van der Waals surface area contributed by atoms with Crippen molar-refractivity contribution in [1.29, 1.82) is 0 Å². The van der Waals surface area contributed by atoms with Crippen molar-refractivity contribution in [2.45, 2.75) is 12.0 Å². The average Bonchev–Trinajstić information content (AvgIpc) is 3.53. The maximum Gasteiger partial charge on any atom is 0.204 e. The van der Waals surface area contributed by atoms with E-state index in [2.05, 4.69) is 78.9 Å². The molecule has 0 bridgehead atoms. The van der Waals surface area contributed by atoms with Crippen molar-refractivity contribution in [3.8, 4) is 62.1 Å². The zero-order valence-corrected chi connectivity index (χ0v) is 26.7. The maximum atomic E-state index is 11.1. The van der Waals surface area contributed by atoms with E-state index < -0.39 is 23.0 Å². The first kappa shape index (κ1) is 29.7. The van der Waals surface area contributed by atoms with Crippen LogP contribution in [-0.2, 0) is 0 Å². The van der Waals surface area contributed by atoms with E-state index in [0.717, 1.165) is 55.1 Å². The van der Waals surface area contributed by atoms with Crippen molar-refractivity contribution in [3.05, 3.63) is 151 Å². The second-order valence-electron chi connectivity index (χ2n) is 12.8. The van der Waals surface area contributed by atoms with E-state index in [1.165, 1.54) is 11.1 Å². The standard InChI is InChI=1S/C44H29BO5/c45-40-39(41(46)43(48)44(49)42(40)47)38-32-12-6-4-10-30(32)37(31-11-5-7-13-33(31)38)28-19-21-35-34(22-28)29-20-18-27(23-36(29)50-35)26-16-14-25(15-17-26)24-8-2-1-3-9-24/h1-23,29,36,46-49H. The molecule has 2 unspecified atom stereocenters. The van der Waals surface area contributed by atoms with Crippen LogP contribution in [0.3, 0.4) is 0 Å². The number of fused-ring (bicyclic) bond motifs is 5. The van der Waals surface area contributed by atoms with E-state index in [0.29, 0.717) is 5.56 Å². The van der Waals surface area contributed by atoms with Crippen molar-refractivity contribution >= 4 is 40.4 Å². The summed E-state index contributed by atoms with van der Waals surface area (Å²) < 4.78 is 6.52. The minimum Gasteiger partial charge on any atom is -0.505 e. The first-order chi connectivity index (χ1) is 24.4. The van der Waals surface area contributed by atoms with Gasteiger partial charge in [0.25, 0.3) is 0 Å². The predicted octanol–water partition coefficient (Wildman–Crippen LogP) is 9.11. The molecule has 0 aromatic heterocycles. The van der Waals surface area contributed by atoms with Crippen LogP contribution in [0.1, 0.15) is 17.0 Å². The summed E-state index contributed by atoms with van der Waals surface area (Å²) in [4.78, 5) is 0. The first-order valence-electron chi connectivity index (χ1n) is 16.4. The zero-order valence-electron chi connectivity index (χ0n) is 26.7. The molecule has 1 aliphatic carbocycles. The molecule has 6 heteroatoms. The smallest absolute Gasteiger partial charge is 0.204 e. The number of allylic oxidation sites excluding steroid dienone is 2. The molecule has 238 valence electrons. The minimum atomic E-state index is -0.868. The van der Waals surface area contributed by atoms with Gasteiger partial charge >= 0.3 is 0 Å². The van der Waals surface area contributed by atoms with E-state index in [1.807, 2.05) is 60.7 Å². The SMILES string of the molecule is [B]c1c(O)c(O)c(O)c(O)c1-c1c2ccccc2c(-c2ccc3c(c2)C2C=CC(c4ccc(-c5ccccc5)cc4)=CC2O3)c2ccccc12. The number of ether oxygens (including phenoxy) is 1. The fourth-order valence-corrected chi connectivity index (χ4v) is 7.62. The van der Waals surface area contributed by atoms with Gasteiger partial charge in [-0.1, -0.05) is 121 Å². The highest BCUT2D eigenvalue weighted by atomic mass is 16.5. The molecule has 0 saturated carbocycles. The Morgan fingerprint density at radius 3 is 1.70 bits per heavy atom. The highest BCUT2D eigenvalue weighted by molar-refractivity contribution is 6.41. The van der Waals surface area contributed by atoms with E-state index in [9.17, 15) is 20.4 Å². The molecule has 2 atom stereocenters. The molecule has 7 aromatic rings. The quantitative estimate of drug-likeness (QED) is 0.0662. The fourth-order valence-electron chi connectivity index (χ4n) is 7.62. The van der Waals surface area contributed by atoms with Crippen molar-refractivity contribution in [2.75, 3.05) is 0 Å². The van der Waals surface area contributed by atoms with Crippen molar-refractivity contribution in [1.82, 2.24) is 0 Å². The highest BCUT2D eigenvalue weighted by Crippen LogP contribution is 2.52. The third kappa shape index (κ3) is 4.49. The molecule has 2 aliphatic rings. The summed E-state index contributed by atoms with van der Waals surface area (Å²) in [6, 6.07) is 40.9. The van der Waals surface area contributed by atoms with Gasteiger partial charge in [-0.15, -0.1) is 0 Å². The Hall–Kier alpha value is -6.40. The molecule has 7 aromatic carbocycles. The highest BCUT2D eigenvalue weighted by Gasteiger charge is 2.34. The number of hydrogen-bond acceptors (Lipinski definition) is 5. The Kier molecular flexibility index (Phi) is 6.75. The average molecular weight is 649 g/mol. The number of aromatic hydroxyl groups is 4. The Morgan fingerprint density at radius 2 is 1.04 bits per heavy atom. The number of phenolic OH excluding ortho intramolecular Hbond substituents is 4. The van der Waals surface area contributed by atoms with E-state index >= 15 is 0 Å². The molecule has 1 aliphatic heterocycles. The largest absolute Gasteiger partial charge is 0.505 e. The number of hydrogen-bond donors (Lipinski definition) is 4. The summed E-state index contributed by atoms with van der Waals surface area (Å²) in [5.41, 5.74) is 8.08. The lowest BCUT2D eigenvalue weighted by atomic mass is 9.79. The molecule has 0 fully saturated rings. The third-order valence-corrected chi connectivity index (χ3v) is 10.0. The van der Waals surface area contributed by atoms with Gasteiger partial charge in [0.15, 0.2) is 11.5 Å². The van der Waals surface area contributed by atoms with Crippen LogP contribution >= 0.6 is 0 Å². The maximum absolute atomic E-state index is 11.1. The van der Waals surface area contributed by atoms with Gasteiger partial charge in [-0.3, -0.25) is 0 Å². The Morgan fingerprint density at radius 1 is 0.500 bits per heavy atom. The van der Waals surface area contributed by atoms with Crippen LogP contribution in [0.4, 0.5) is 0 Å². The summed E-state index contributed by atoms with van der Waals surface area (Å²) in [7, 11) is 6.31. The number of rotatable bonds is 4. The van der Waals surface area contributed by atoms with Crippen molar-refractivity contribution in [3.63, 3.8) is 0 Å². The summed E-state index contributed by atoms with van der Waals surface area (Å²) in [5, 5.41) is 45.7. The molecular formula is C44H29BO5. The van der Waals surface area contributed by atoms with Crippen molar-refractivity contribution < 1.29 is 25.2 Å². The summed E-state index contributed by atoms with van der Waals surface area (Å²) in [6.07, 6.45) is 6.49. The lowest BCUT2D eigenvalue weighted by Crippen LogP contribution is -2.17. The van der Waals surface area contributed by atoms with Crippen LogP contribution in [-0.4, -0.2) is 34.4 Å². The third-order valence-electron chi connectivity index (χ3n) is 10.0. The second-order valence-corrected chi connectivity index (χ2v) is 12.8. The van der Waals surface area contributed by atoms with Gasteiger partial charge in [-0.05, 0) is 78.6 Å². The molecule has 0 amide bonds. The second kappa shape index (κ2) is 11.4. The van der Waals surface area contributed by atoms with E-state index in [4.69, 9.17) is 12.6 Å². The van der Waals surface area contributed by atoms with Gasteiger partial charge < -0.3 is 25.2 Å². The van der Waals surface area contributed by atoms with Crippen LogP contribution < -0.4 is 10.2 Å². The summed E-state index contributed by atoms with van der Waals surface area (Å²) >= 11 is 0. The molecule has 1 heterocycles. The normalized spacial score (nSPS) is 16.2. The van der Waals surface area contributed by atoms with Gasteiger partial charge in [-0.25, -0.2) is 0 Å². The van der Waals surface area contributed by atoms with Gasteiger partial charge in [0.1, 0.15) is 19.7 Å². The van der Waals surface area contributed by atoms with E-state index in [-0.39, 0.29) is 23.0 Å². The Balaban J connectivity index is 1.14. The van der Waals surface area contributed by atoms with Crippen molar-refractivity contribution in [2.24, 2.45) is 0 Å². The topological polar surface area (TPSA) is 90.2 Å². The zero-order chi connectivity index (χ0) is 34.1. The predicted molar refractivity (Wildman–Crippen MR) is 201 cm³/mol. The number of benzene rings is 7. The summed E-state index contributed by atoms with van der Waals surface area (Å²) in [5.74, 6) is -2.10. The Bertz CT molecular complexity index is 2480. The molecule has 50 heavy (non-hydrogen) atoms. The lowest BCUT2D eigenvalue weighted by Gasteiger charge is -2.21. The van der Waals surface area contributed by atoms with Gasteiger partial charge in [0.2, 0.25) is 11.5 Å². The molecule has 4 N–H and O–H groups in total. The molecule has 9 rings (SSSR count). The Labute approximate surface area is 289 Å². The van der Waals surface area contributed by atoms with Gasteiger partial charge in [0.05, 0.1) is 0 Å². The summed E-state index contributed by atoms with van der Waals surface area (Å²) in [6.45, 7) is 0. The lowest BCUT2D eigenvalue weighted by molar-refractivity contribution is 0.269. The van der Waals surface area contributed by atoms with Gasteiger partial charge in [-0.2, -0.15) is 0 Å². The van der Waals surface area contributed by atoms with Crippen LogP contribution in [0.15, 0.2) is 140 Å². The van der Waals surface area contributed by atoms with Crippen LogP contribution in [0, 0.1) is 0 Å². The minimum absolute atomic E-state index is 0.0478. The van der Waals surface area contributed by atoms with Crippen LogP contribution in [0.5, 0.6) is 28.7 Å². The van der Waals surface area contributed by atoms with Gasteiger partial charge in [0, 0.05) is 22.6 Å². The fraction of sp³-hybridized carbons (Fsp3) is 0.0455. The molecular weight excluding hydrogens is 619 g/mol. The monoisotopic (exact) mass is 648 g/mol. The van der Waals surface area contributed by atoms with E-state index in [1.54, 1.807) is 0 Å². The van der Waals surface area contributed by atoms with Crippen LogP contribution in [0.2, 0.25) is 0 Å².